The molecule has 0 aromatic carbocycles. The molecule has 0 unspecified atom stereocenters. The first kappa shape index (κ1) is 16.6. The summed E-state index contributed by atoms with van der Waals surface area (Å²) >= 11 is 0. The minimum absolute atomic E-state index is 0.0387. The van der Waals surface area contributed by atoms with E-state index in [1.807, 2.05) is 13.0 Å². The normalized spacial score (nSPS) is 19.5. The fourth-order valence-electron chi connectivity index (χ4n) is 2.81. The molecular weight excluding hydrogens is 332 g/mol. The van der Waals surface area contributed by atoms with Crippen molar-refractivity contribution in [2.45, 2.75) is 26.4 Å². The molecule has 3 rings (SSSR count). The van der Waals surface area contributed by atoms with Gasteiger partial charge in [0, 0.05) is 18.7 Å². The second-order valence-corrected chi connectivity index (χ2v) is 8.38. The Bertz CT molecular complexity index is 949. The summed E-state index contributed by atoms with van der Waals surface area (Å²) in [5, 5.41) is 0. The number of pyridine rings is 1. The van der Waals surface area contributed by atoms with E-state index < -0.39 is 15.8 Å². The average Bonchev–Trinajstić information content (AvgIpc) is 2.85. The molecule has 0 bridgehead atoms. The molecule has 0 radical (unpaired) electrons. The molecular formula is C16H18N2O5S. The van der Waals surface area contributed by atoms with Gasteiger partial charge >= 0.3 is 5.97 Å². The summed E-state index contributed by atoms with van der Waals surface area (Å²) in [5.41, 5.74) is 1.56. The third-order valence-corrected chi connectivity index (χ3v) is 5.86. The molecule has 1 saturated heterocycles. The summed E-state index contributed by atoms with van der Waals surface area (Å²) < 4.78 is 29.4. The molecule has 3 heterocycles. The van der Waals surface area contributed by atoms with Gasteiger partial charge in [0.15, 0.2) is 9.84 Å². The second-order valence-electron chi connectivity index (χ2n) is 6.15. The van der Waals surface area contributed by atoms with Crippen LogP contribution in [0.1, 0.15) is 24.1 Å². The lowest BCUT2D eigenvalue weighted by Gasteiger charge is -2.09. The molecule has 24 heavy (non-hydrogen) atoms. The molecule has 2 aromatic rings. The first-order valence-electron chi connectivity index (χ1n) is 7.67. The topological polar surface area (TPSA) is 94.8 Å². The molecule has 0 saturated carbocycles. The maximum Gasteiger partial charge on any atom is 0.306 e. The first-order valence-corrected chi connectivity index (χ1v) is 9.49. The third-order valence-electron chi connectivity index (χ3n) is 4.02. The van der Waals surface area contributed by atoms with Crippen molar-refractivity contribution in [2.75, 3.05) is 11.5 Å². The van der Waals surface area contributed by atoms with E-state index in [4.69, 9.17) is 4.74 Å². The van der Waals surface area contributed by atoms with Crippen molar-refractivity contribution in [1.29, 1.82) is 0 Å². The summed E-state index contributed by atoms with van der Waals surface area (Å²) in [7, 11) is -3.01. The van der Waals surface area contributed by atoms with Gasteiger partial charge in [-0.15, -0.1) is 0 Å². The number of ether oxygens (including phenoxy) is 1. The molecule has 128 valence electrons. The average molecular weight is 350 g/mol. The second kappa shape index (κ2) is 6.35. The van der Waals surface area contributed by atoms with Gasteiger partial charge in [-0.1, -0.05) is 6.07 Å². The number of rotatable bonds is 4. The highest BCUT2D eigenvalue weighted by Crippen LogP contribution is 2.22. The summed E-state index contributed by atoms with van der Waals surface area (Å²) in [6, 6.07) is 4.91. The highest BCUT2D eigenvalue weighted by atomic mass is 32.2. The van der Waals surface area contributed by atoms with Gasteiger partial charge in [0.05, 0.1) is 17.2 Å². The monoisotopic (exact) mass is 350 g/mol. The van der Waals surface area contributed by atoms with Gasteiger partial charge in [-0.3, -0.25) is 14.0 Å². The molecule has 0 spiro atoms. The van der Waals surface area contributed by atoms with Crippen LogP contribution in [0, 0.1) is 12.8 Å². The standard InChI is InChI=1S/C16H18N2O5S/c1-11-2-3-14-17-13(7-15(19)18(14)8-11)9-23-16(20)6-12-4-5-24(21,22)10-12/h2-3,7-8,12H,4-6,9-10H2,1H3/t12-/m1/s1. The molecule has 0 aliphatic carbocycles. The zero-order valence-electron chi connectivity index (χ0n) is 13.3. The maximum atomic E-state index is 12.1. The van der Waals surface area contributed by atoms with Crippen molar-refractivity contribution in [1.82, 2.24) is 9.38 Å². The number of esters is 1. The fourth-order valence-corrected chi connectivity index (χ4v) is 4.68. The predicted octanol–water partition coefficient (Wildman–Crippen LogP) is 0.871. The Kier molecular flexibility index (Phi) is 4.40. The molecule has 1 aliphatic heterocycles. The molecule has 7 nitrogen and oxygen atoms in total. The zero-order chi connectivity index (χ0) is 17.3. The number of sulfone groups is 1. The van der Waals surface area contributed by atoms with Crippen molar-refractivity contribution in [3.05, 3.63) is 46.0 Å². The number of nitrogens with zero attached hydrogens (tertiary/aromatic N) is 2. The number of hydrogen-bond acceptors (Lipinski definition) is 6. The van der Waals surface area contributed by atoms with E-state index in [1.54, 1.807) is 12.3 Å². The highest BCUT2D eigenvalue weighted by molar-refractivity contribution is 7.91. The van der Waals surface area contributed by atoms with Gasteiger partial charge in [-0.05, 0) is 30.9 Å². The van der Waals surface area contributed by atoms with Crippen molar-refractivity contribution in [2.24, 2.45) is 5.92 Å². The van der Waals surface area contributed by atoms with Gasteiger partial charge in [0.2, 0.25) is 0 Å². The Balaban J connectivity index is 1.64. The first-order chi connectivity index (χ1) is 11.3. The summed E-state index contributed by atoms with van der Waals surface area (Å²) in [5.74, 6) is -0.478. The number of fused-ring (bicyclic) bond motifs is 1. The lowest BCUT2D eigenvalue weighted by Crippen LogP contribution is -2.17. The van der Waals surface area contributed by atoms with Crippen LogP contribution < -0.4 is 5.56 Å². The van der Waals surface area contributed by atoms with E-state index in [0.717, 1.165) is 5.56 Å². The number of aromatic nitrogens is 2. The van der Waals surface area contributed by atoms with Crippen LogP contribution >= 0.6 is 0 Å². The van der Waals surface area contributed by atoms with Crippen LogP contribution in [-0.4, -0.2) is 35.3 Å². The van der Waals surface area contributed by atoms with Crippen LogP contribution in [0.15, 0.2) is 29.2 Å². The highest BCUT2D eigenvalue weighted by Gasteiger charge is 2.29. The number of aryl methyl sites for hydroxylation is 1. The molecule has 0 N–H and O–H groups in total. The van der Waals surface area contributed by atoms with Crippen molar-refractivity contribution < 1.29 is 17.9 Å². The van der Waals surface area contributed by atoms with Crippen LogP contribution in [-0.2, 0) is 26.0 Å². The predicted molar refractivity (Wildman–Crippen MR) is 87.4 cm³/mol. The SMILES string of the molecule is Cc1ccc2nc(COC(=O)C[C@H]3CCS(=O)(=O)C3)cc(=O)n2c1. The van der Waals surface area contributed by atoms with Crippen LogP contribution in [0.2, 0.25) is 0 Å². The molecule has 1 aliphatic rings. The number of carbonyl (C=O) groups excluding carboxylic acids is 1. The summed E-state index contributed by atoms with van der Waals surface area (Å²) in [6.45, 7) is 1.78. The molecule has 8 heteroatoms. The Morgan fingerprint density at radius 2 is 2.21 bits per heavy atom. The molecule has 1 fully saturated rings. The quantitative estimate of drug-likeness (QED) is 0.760. The Hall–Kier alpha value is -2.22. The number of hydrogen-bond donors (Lipinski definition) is 0. The van der Waals surface area contributed by atoms with Gasteiger partial charge in [0.25, 0.3) is 5.56 Å². The minimum atomic E-state index is -3.01. The van der Waals surface area contributed by atoms with Crippen molar-refractivity contribution in [3.63, 3.8) is 0 Å². The summed E-state index contributed by atoms with van der Waals surface area (Å²) in [4.78, 5) is 28.2. The van der Waals surface area contributed by atoms with Crippen LogP contribution in [0.25, 0.3) is 5.65 Å². The Labute approximate surface area is 139 Å². The van der Waals surface area contributed by atoms with E-state index in [1.165, 1.54) is 10.5 Å². The van der Waals surface area contributed by atoms with Crippen LogP contribution in [0.3, 0.4) is 0 Å². The van der Waals surface area contributed by atoms with E-state index >= 15 is 0 Å². The Morgan fingerprint density at radius 1 is 1.42 bits per heavy atom. The largest absolute Gasteiger partial charge is 0.459 e. The minimum Gasteiger partial charge on any atom is -0.459 e. The van der Waals surface area contributed by atoms with Gasteiger partial charge in [-0.2, -0.15) is 0 Å². The molecule has 2 aromatic heterocycles. The molecule has 1 atom stereocenters. The van der Waals surface area contributed by atoms with Gasteiger partial charge in [0.1, 0.15) is 12.3 Å². The van der Waals surface area contributed by atoms with Crippen molar-refractivity contribution in [3.8, 4) is 0 Å². The van der Waals surface area contributed by atoms with Gasteiger partial charge in [-0.25, -0.2) is 13.4 Å². The Morgan fingerprint density at radius 3 is 2.92 bits per heavy atom. The van der Waals surface area contributed by atoms with E-state index in [0.29, 0.717) is 17.8 Å². The molecule has 0 amide bonds. The summed E-state index contributed by atoms with van der Waals surface area (Å²) in [6.07, 6.45) is 2.26. The van der Waals surface area contributed by atoms with Crippen molar-refractivity contribution >= 4 is 21.5 Å². The lowest BCUT2D eigenvalue weighted by atomic mass is 10.1. The van der Waals surface area contributed by atoms with Crippen LogP contribution in [0.5, 0.6) is 0 Å². The van der Waals surface area contributed by atoms with Crippen LogP contribution in [0.4, 0.5) is 0 Å². The fraction of sp³-hybridized carbons (Fsp3) is 0.438. The third kappa shape index (κ3) is 3.81. The van der Waals surface area contributed by atoms with Gasteiger partial charge < -0.3 is 4.74 Å². The zero-order valence-corrected chi connectivity index (χ0v) is 14.1. The van der Waals surface area contributed by atoms with E-state index in [-0.39, 0.29) is 36.0 Å². The maximum absolute atomic E-state index is 12.1. The lowest BCUT2D eigenvalue weighted by molar-refractivity contribution is -0.146. The number of carbonyl (C=O) groups is 1. The van der Waals surface area contributed by atoms with E-state index in [2.05, 4.69) is 4.98 Å². The smallest absolute Gasteiger partial charge is 0.306 e. The van der Waals surface area contributed by atoms with E-state index in [9.17, 15) is 18.0 Å².